The maximum atomic E-state index is 13.3. The molecule has 4 nitrogen and oxygen atoms in total. The molecule has 0 aromatic heterocycles. The van der Waals surface area contributed by atoms with Crippen molar-refractivity contribution in [3.05, 3.63) is 23.3 Å². The zero-order chi connectivity index (χ0) is 18.0. The molecule has 0 bridgehead atoms. The molecule has 1 N–H and O–H groups in total. The van der Waals surface area contributed by atoms with Crippen LogP contribution in [0.25, 0.3) is 0 Å². The van der Waals surface area contributed by atoms with Crippen LogP contribution in [0.15, 0.2) is 23.3 Å². The molecule has 0 aromatic carbocycles. The van der Waals surface area contributed by atoms with Crippen LogP contribution in [0.3, 0.4) is 0 Å². The number of fused-ring (bicyclic) bond motifs is 5. The lowest BCUT2D eigenvalue weighted by Crippen LogP contribution is -2.53. The first kappa shape index (κ1) is 16.9. The second-order valence-electron chi connectivity index (χ2n) is 8.81. The normalized spacial score (nSPS) is 42.9. The number of rotatable bonds is 2. The van der Waals surface area contributed by atoms with Crippen molar-refractivity contribution in [1.82, 2.24) is 0 Å². The summed E-state index contributed by atoms with van der Waals surface area (Å²) >= 11 is 0. The number of allylic oxidation sites excluding steroid dienone is 4. The lowest BCUT2D eigenvalue weighted by molar-refractivity contribution is -0.139. The molecule has 0 amide bonds. The van der Waals surface area contributed by atoms with Crippen molar-refractivity contribution in [2.24, 2.45) is 28.6 Å². The summed E-state index contributed by atoms with van der Waals surface area (Å²) in [6, 6.07) is 0. The molecule has 5 atom stereocenters. The second kappa shape index (κ2) is 5.47. The number of carbonyl (C=O) groups is 3. The van der Waals surface area contributed by atoms with Gasteiger partial charge in [0.25, 0.3) is 0 Å². The van der Waals surface area contributed by atoms with Gasteiger partial charge in [0.1, 0.15) is 12.4 Å². The van der Waals surface area contributed by atoms with Crippen LogP contribution in [0.2, 0.25) is 0 Å². The largest absolute Gasteiger partial charge is 0.389 e. The Hall–Kier alpha value is -1.55. The molecule has 4 rings (SSSR count). The molecule has 0 heterocycles. The average Bonchev–Trinajstić information content (AvgIpc) is 2.91. The van der Waals surface area contributed by atoms with Gasteiger partial charge in [0.15, 0.2) is 11.6 Å². The van der Waals surface area contributed by atoms with Gasteiger partial charge in [-0.1, -0.05) is 31.1 Å². The Morgan fingerprint density at radius 1 is 1.24 bits per heavy atom. The zero-order valence-corrected chi connectivity index (χ0v) is 15.0. The van der Waals surface area contributed by atoms with Crippen molar-refractivity contribution < 1.29 is 19.5 Å². The van der Waals surface area contributed by atoms with Crippen LogP contribution in [0.4, 0.5) is 0 Å². The number of aliphatic hydroxyl groups excluding tert-OH is 1. The second-order valence-corrected chi connectivity index (χ2v) is 8.81. The number of carbonyl (C=O) groups excluding carboxylic acids is 3. The summed E-state index contributed by atoms with van der Waals surface area (Å²) in [4.78, 5) is 37.3. The third-order valence-electron chi connectivity index (χ3n) is 7.61. The summed E-state index contributed by atoms with van der Waals surface area (Å²) in [5, 5.41) is 9.32. The van der Waals surface area contributed by atoms with Gasteiger partial charge in [0.05, 0.1) is 0 Å². The van der Waals surface area contributed by atoms with E-state index in [2.05, 4.69) is 13.0 Å². The topological polar surface area (TPSA) is 71.4 Å². The maximum Gasteiger partial charge on any atom is 0.162 e. The molecule has 0 spiro atoms. The van der Waals surface area contributed by atoms with E-state index in [0.29, 0.717) is 19.3 Å². The van der Waals surface area contributed by atoms with Gasteiger partial charge in [0, 0.05) is 30.1 Å². The highest BCUT2D eigenvalue weighted by Gasteiger charge is 2.60. The first-order chi connectivity index (χ1) is 11.8. The average molecular weight is 342 g/mol. The minimum Gasteiger partial charge on any atom is -0.389 e. The van der Waals surface area contributed by atoms with Crippen molar-refractivity contribution >= 4 is 17.3 Å². The Morgan fingerprint density at radius 2 is 2.00 bits per heavy atom. The van der Waals surface area contributed by atoms with Gasteiger partial charge in [-0.25, -0.2) is 0 Å². The first-order valence-corrected chi connectivity index (χ1v) is 9.42. The summed E-state index contributed by atoms with van der Waals surface area (Å²) in [5.74, 6) is 0.124. The van der Waals surface area contributed by atoms with E-state index < -0.39 is 12.0 Å². The highest BCUT2D eigenvalue weighted by atomic mass is 16.3. The summed E-state index contributed by atoms with van der Waals surface area (Å²) in [6.07, 6.45) is 8.02. The predicted octanol–water partition coefficient (Wildman–Crippen LogP) is 2.80. The van der Waals surface area contributed by atoms with Gasteiger partial charge >= 0.3 is 0 Å². The van der Waals surface area contributed by atoms with Gasteiger partial charge in [-0.2, -0.15) is 0 Å². The van der Waals surface area contributed by atoms with Crippen molar-refractivity contribution in [3.63, 3.8) is 0 Å². The maximum absolute atomic E-state index is 13.3. The predicted molar refractivity (Wildman–Crippen MR) is 92.7 cm³/mol. The van der Waals surface area contributed by atoms with Gasteiger partial charge in [-0.15, -0.1) is 0 Å². The van der Waals surface area contributed by atoms with E-state index in [1.165, 1.54) is 5.57 Å². The van der Waals surface area contributed by atoms with Crippen LogP contribution < -0.4 is 0 Å². The monoisotopic (exact) mass is 342 g/mol. The van der Waals surface area contributed by atoms with Gasteiger partial charge in [0.2, 0.25) is 0 Å². The number of hydrogen-bond acceptors (Lipinski definition) is 4. The molecule has 0 aromatic rings. The lowest BCUT2D eigenvalue weighted by atomic mass is 9.47. The molecular weight excluding hydrogens is 316 g/mol. The Labute approximate surface area is 148 Å². The van der Waals surface area contributed by atoms with Crippen LogP contribution in [0.5, 0.6) is 0 Å². The van der Waals surface area contributed by atoms with Crippen LogP contribution in [0, 0.1) is 28.6 Å². The third-order valence-corrected chi connectivity index (χ3v) is 7.61. The number of Topliss-reactive ketones (excluding diaryl/α,β-unsaturated/α-hetero) is 2. The van der Waals surface area contributed by atoms with Gasteiger partial charge < -0.3 is 5.11 Å². The van der Waals surface area contributed by atoms with E-state index >= 15 is 0 Å². The van der Waals surface area contributed by atoms with Crippen molar-refractivity contribution in [2.45, 2.75) is 52.4 Å². The molecular formula is C21H26O4. The summed E-state index contributed by atoms with van der Waals surface area (Å²) in [6.45, 7) is 3.75. The molecule has 2 fully saturated rings. The molecule has 2 saturated carbocycles. The molecule has 4 aliphatic rings. The fourth-order valence-electron chi connectivity index (χ4n) is 6.33. The van der Waals surface area contributed by atoms with Crippen molar-refractivity contribution in [1.29, 1.82) is 0 Å². The van der Waals surface area contributed by atoms with E-state index in [0.717, 1.165) is 24.8 Å². The van der Waals surface area contributed by atoms with Crippen LogP contribution >= 0.6 is 0 Å². The van der Waals surface area contributed by atoms with Gasteiger partial charge in [-0.05, 0) is 43.1 Å². The van der Waals surface area contributed by atoms with E-state index in [1.54, 1.807) is 6.08 Å². The van der Waals surface area contributed by atoms with Crippen LogP contribution in [-0.4, -0.2) is 29.1 Å². The number of aliphatic hydroxyl groups is 1. The van der Waals surface area contributed by atoms with Crippen LogP contribution in [-0.2, 0) is 14.4 Å². The standard InChI is InChI=1S/C21H26O4/c1-20-8-7-13(23)9-12(20)3-4-14-15-5-6-16(18(25)11-22)21(15,2)10-17(24)19(14)20/h5,9,14,16,19,22H,3-4,6-8,10-11H2,1-2H3/t14-,16-,19+,20-,21-/m0/s1. The minimum absolute atomic E-state index is 0.0668. The fourth-order valence-corrected chi connectivity index (χ4v) is 6.33. The molecule has 4 aliphatic carbocycles. The molecule has 0 saturated heterocycles. The fraction of sp³-hybridized carbons (Fsp3) is 0.667. The quantitative estimate of drug-likeness (QED) is 0.783. The Morgan fingerprint density at radius 3 is 2.72 bits per heavy atom. The molecule has 0 aliphatic heterocycles. The van der Waals surface area contributed by atoms with Crippen LogP contribution in [0.1, 0.15) is 52.4 Å². The summed E-state index contributed by atoms with van der Waals surface area (Å²) < 4.78 is 0. The molecule has 25 heavy (non-hydrogen) atoms. The summed E-state index contributed by atoms with van der Waals surface area (Å²) in [5.41, 5.74) is 1.78. The van der Waals surface area contributed by atoms with E-state index in [9.17, 15) is 19.5 Å². The molecule has 0 unspecified atom stereocenters. The van der Waals surface area contributed by atoms with E-state index in [-0.39, 0.29) is 40.5 Å². The van der Waals surface area contributed by atoms with Gasteiger partial charge in [-0.3, -0.25) is 14.4 Å². The number of ketones is 3. The Bertz CT molecular complexity index is 730. The lowest BCUT2D eigenvalue weighted by Gasteiger charge is -2.55. The Balaban J connectivity index is 1.74. The van der Waals surface area contributed by atoms with Crippen molar-refractivity contribution in [3.8, 4) is 0 Å². The van der Waals surface area contributed by atoms with E-state index in [1.807, 2.05) is 6.92 Å². The molecule has 0 radical (unpaired) electrons. The third kappa shape index (κ3) is 2.19. The number of hydrogen-bond donors (Lipinski definition) is 1. The molecule has 134 valence electrons. The minimum atomic E-state index is -0.448. The highest BCUT2D eigenvalue weighted by molar-refractivity contribution is 5.94. The van der Waals surface area contributed by atoms with Crippen molar-refractivity contribution in [2.75, 3.05) is 6.61 Å². The summed E-state index contributed by atoms with van der Waals surface area (Å²) in [7, 11) is 0. The first-order valence-electron chi connectivity index (χ1n) is 9.42. The highest BCUT2D eigenvalue weighted by Crippen LogP contribution is 2.63. The SMILES string of the molecule is C[C@]12CC(=O)[C@H]3[C@@H](CCC4=CC(=O)CC[C@@]43C)C1=CC[C@H]2C(=O)CO. The smallest absolute Gasteiger partial charge is 0.162 e. The Kier molecular flexibility index (Phi) is 3.70. The zero-order valence-electron chi connectivity index (χ0n) is 15.0. The van der Waals surface area contributed by atoms with E-state index in [4.69, 9.17) is 0 Å². The molecule has 4 heteroatoms.